The molecule has 38 heavy (non-hydrogen) atoms. The molecule has 2 aliphatic rings. The highest BCUT2D eigenvalue weighted by Gasteiger charge is 2.25. The molecule has 2 heterocycles. The minimum Gasteiger partial charge on any atom is -0.335 e. The first-order valence-corrected chi connectivity index (χ1v) is 15.6. The van der Waals surface area contributed by atoms with Gasteiger partial charge in [-0.25, -0.2) is 0 Å². The van der Waals surface area contributed by atoms with Gasteiger partial charge >= 0.3 is 0 Å². The Labute approximate surface area is 237 Å². The van der Waals surface area contributed by atoms with Crippen molar-refractivity contribution in [2.45, 2.75) is 79.7 Å². The lowest BCUT2D eigenvalue weighted by molar-refractivity contribution is -0.665. The van der Waals surface area contributed by atoms with Crippen LogP contribution in [0, 0.1) is 33.6 Å². The lowest BCUT2D eigenvalue weighted by atomic mass is 9.81. The van der Waals surface area contributed by atoms with Gasteiger partial charge in [0.05, 0.1) is 10.7 Å². The van der Waals surface area contributed by atoms with E-state index in [2.05, 4.69) is 113 Å². The minimum absolute atomic E-state index is 0.648. The summed E-state index contributed by atoms with van der Waals surface area (Å²) in [6.07, 6.45) is 11.8. The predicted octanol–water partition coefficient (Wildman–Crippen LogP) is 9.60. The number of aryl methyl sites for hydroxylation is 5. The molecule has 2 nitrogen and oxygen atoms in total. The Morgan fingerprint density at radius 3 is 2.34 bits per heavy atom. The lowest BCUT2D eigenvalue weighted by Gasteiger charge is -2.24. The zero-order valence-corrected chi connectivity index (χ0v) is 25.9. The number of nitrogens with zero attached hydrogens (tertiary/aromatic N) is 2. The Morgan fingerprint density at radius 1 is 0.895 bits per heavy atom. The lowest BCUT2D eigenvalue weighted by Crippen LogP contribution is -2.33. The molecule has 1 atom stereocenters. The van der Waals surface area contributed by atoms with E-state index in [1.807, 2.05) is 23.1 Å². The molecular formula is C34H41N2S2+. The summed E-state index contributed by atoms with van der Waals surface area (Å²) in [5.74, 6) is 0.648. The SMILES string of the molecule is CCN1/C(=C\C=C2/CC(C)CC(/C=C/c3sc4cc(C)c(C)cc4[n+]3CC)=C2C)Sc2cc(C)c(C)cc21. The van der Waals surface area contributed by atoms with Gasteiger partial charge in [0.2, 0.25) is 5.52 Å². The van der Waals surface area contributed by atoms with Crippen LogP contribution in [0.25, 0.3) is 16.3 Å². The van der Waals surface area contributed by atoms with E-state index >= 15 is 0 Å². The van der Waals surface area contributed by atoms with Gasteiger partial charge < -0.3 is 4.90 Å². The van der Waals surface area contributed by atoms with Gasteiger partial charge in [0.1, 0.15) is 11.2 Å². The fourth-order valence-electron chi connectivity index (χ4n) is 5.67. The molecule has 2 aromatic carbocycles. The van der Waals surface area contributed by atoms with E-state index in [1.165, 1.54) is 69.8 Å². The first-order chi connectivity index (χ1) is 18.2. The molecular weight excluding hydrogens is 501 g/mol. The number of fused-ring (bicyclic) bond motifs is 2. The summed E-state index contributed by atoms with van der Waals surface area (Å²) in [5.41, 5.74) is 12.6. The third-order valence-electron chi connectivity index (χ3n) is 8.28. The molecule has 0 saturated heterocycles. The van der Waals surface area contributed by atoms with E-state index < -0.39 is 0 Å². The molecule has 0 N–H and O–H groups in total. The van der Waals surface area contributed by atoms with E-state index in [4.69, 9.17) is 0 Å². The van der Waals surface area contributed by atoms with Crippen molar-refractivity contribution < 1.29 is 4.57 Å². The highest BCUT2D eigenvalue weighted by atomic mass is 32.2. The molecule has 5 rings (SSSR count). The van der Waals surface area contributed by atoms with Crippen molar-refractivity contribution >= 4 is 45.1 Å². The van der Waals surface area contributed by atoms with Gasteiger partial charge in [0, 0.05) is 23.6 Å². The molecule has 0 spiro atoms. The van der Waals surface area contributed by atoms with Gasteiger partial charge in [-0.15, -0.1) is 0 Å². The molecule has 1 unspecified atom stereocenters. The number of anilines is 1. The molecule has 1 aliphatic carbocycles. The van der Waals surface area contributed by atoms with E-state index in [0.29, 0.717) is 5.92 Å². The summed E-state index contributed by atoms with van der Waals surface area (Å²) in [7, 11) is 0. The molecule has 4 heteroatoms. The molecule has 0 bridgehead atoms. The largest absolute Gasteiger partial charge is 0.335 e. The fraction of sp³-hybridized carbons (Fsp3) is 0.382. The topological polar surface area (TPSA) is 7.12 Å². The van der Waals surface area contributed by atoms with Crippen LogP contribution in [-0.4, -0.2) is 6.54 Å². The Bertz CT molecular complexity index is 1530. The average molecular weight is 542 g/mol. The zero-order chi connectivity index (χ0) is 27.1. The van der Waals surface area contributed by atoms with E-state index in [0.717, 1.165) is 25.9 Å². The van der Waals surface area contributed by atoms with Crippen LogP contribution in [0.15, 0.2) is 69.1 Å². The second-order valence-corrected chi connectivity index (χ2v) is 13.2. The predicted molar refractivity (Wildman–Crippen MR) is 168 cm³/mol. The summed E-state index contributed by atoms with van der Waals surface area (Å²) in [6, 6.07) is 9.40. The molecule has 0 amide bonds. The van der Waals surface area contributed by atoms with Crippen molar-refractivity contribution in [3.63, 3.8) is 0 Å². The average Bonchev–Trinajstić information content (AvgIpc) is 3.39. The highest BCUT2D eigenvalue weighted by molar-refractivity contribution is 8.03. The van der Waals surface area contributed by atoms with Crippen LogP contribution in [0.3, 0.4) is 0 Å². The van der Waals surface area contributed by atoms with Crippen LogP contribution in [0.4, 0.5) is 5.69 Å². The first-order valence-electron chi connectivity index (χ1n) is 14.0. The quantitative estimate of drug-likeness (QED) is 0.297. The highest BCUT2D eigenvalue weighted by Crippen LogP contribution is 2.47. The normalized spacial score (nSPS) is 20.1. The van der Waals surface area contributed by atoms with Crippen molar-refractivity contribution in [3.8, 4) is 0 Å². The number of benzene rings is 2. The van der Waals surface area contributed by atoms with Crippen molar-refractivity contribution in [1.82, 2.24) is 0 Å². The third kappa shape index (κ3) is 5.05. The number of allylic oxidation sites excluding steroid dienone is 6. The standard InChI is InChI=1S/C34H41N2S2/c1-9-35-29-17-22(4)24(6)19-31(29)37-33(35)13-11-27-15-21(3)16-28(26(27)8)12-14-34-36(10-2)30-18-23(5)25(7)20-32(30)38-34/h11-14,17-21H,9-10,15-16H2,1-8H3/q+1. The number of aromatic nitrogens is 1. The van der Waals surface area contributed by atoms with Gasteiger partial charge in [-0.05, 0) is 130 Å². The van der Waals surface area contributed by atoms with Crippen molar-refractivity contribution in [1.29, 1.82) is 0 Å². The maximum atomic E-state index is 2.46. The number of hydrogen-bond donors (Lipinski definition) is 0. The van der Waals surface area contributed by atoms with E-state index in [1.54, 1.807) is 0 Å². The minimum atomic E-state index is 0.648. The Balaban J connectivity index is 1.46. The summed E-state index contributed by atoms with van der Waals surface area (Å²) >= 11 is 3.82. The molecule has 1 aromatic heterocycles. The van der Waals surface area contributed by atoms with Crippen LogP contribution in [-0.2, 0) is 6.54 Å². The maximum absolute atomic E-state index is 2.46. The molecule has 1 aliphatic heterocycles. The first kappa shape index (κ1) is 27.0. The number of rotatable bonds is 5. The van der Waals surface area contributed by atoms with Gasteiger partial charge in [-0.3, -0.25) is 0 Å². The van der Waals surface area contributed by atoms with Gasteiger partial charge in [0.25, 0.3) is 5.01 Å². The summed E-state index contributed by atoms with van der Waals surface area (Å²) in [4.78, 5) is 3.84. The van der Waals surface area contributed by atoms with E-state index in [9.17, 15) is 0 Å². The summed E-state index contributed by atoms with van der Waals surface area (Å²) in [6.45, 7) is 20.1. The van der Waals surface area contributed by atoms with Crippen LogP contribution in [0.2, 0.25) is 0 Å². The van der Waals surface area contributed by atoms with Crippen molar-refractivity contribution in [3.05, 3.63) is 91.5 Å². The molecule has 198 valence electrons. The van der Waals surface area contributed by atoms with Crippen LogP contribution < -0.4 is 9.47 Å². The van der Waals surface area contributed by atoms with Crippen LogP contribution in [0.5, 0.6) is 0 Å². The second-order valence-electron chi connectivity index (χ2n) is 11.0. The van der Waals surface area contributed by atoms with Crippen molar-refractivity contribution in [2.24, 2.45) is 5.92 Å². The Kier molecular flexibility index (Phi) is 7.75. The third-order valence-corrected chi connectivity index (χ3v) is 10.5. The van der Waals surface area contributed by atoms with Gasteiger partial charge in [0.15, 0.2) is 0 Å². The van der Waals surface area contributed by atoms with E-state index in [-0.39, 0.29) is 0 Å². The second kappa shape index (κ2) is 10.9. The van der Waals surface area contributed by atoms with Crippen molar-refractivity contribution in [2.75, 3.05) is 11.4 Å². The van der Waals surface area contributed by atoms with Gasteiger partial charge in [-0.1, -0.05) is 42.2 Å². The summed E-state index contributed by atoms with van der Waals surface area (Å²) < 4.78 is 3.84. The monoisotopic (exact) mass is 541 g/mol. The number of thiazole rings is 1. The number of hydrogen-bond acceptors (Lipinski definition) is 3. The smallest absolute Gasteiger partial charge is 0.262 e. The summed E-state index contributed by atoms with van der Waals surface area (Å²) in [5, 5.41) is 2.67. The Hall–Kier alpha value is -2.56. The van der Waals surface area contributed by atoms with Crippen LogP contribution in [0.1, 0.15) is 67.8 Å². The molecule has 0 saturated carbocycles. The molecule has 0 fully saturated rings. The maximum Gasteiger partial charge on any atom is 0.262 e. The van der Waals surface area contributed by atoms with Gasteiger partial charge in [-0.2, -0.15) is 4.57 Å². The van der Waals surface area contributed by atoms with Crippen LogP contribution >= 0.6 is 23.1 Å². The molecule has 3 aromatic rings. The fourth-order valence-corrected chi connectivity index (χ4v) is 8.09. The molecule has 0 radical (unpaired) electrons. The zero-order valence-electron chi connectivity index (χ0n) is 24.2. The number of thioether (sulfide) groups is 1. The Morgan fingerprint density at radius 2 is 1.61 bits per heavy atom.